The van der Waals surface area contributed by atoms with E-state index < -0.39 is 0 Å². The first-order valence-electron chi connectivity index (χ1n) is 12.1. The number of hydrogen-bond donors (Lipinski definition) is 0. The second-order valence-electron chi connectivity index (χ2n) is 8.64. The zero-order valence-corrected chi connectivity index (χ0v) is 19.7. The van der Waals surface area contributed by atoms with Crippen LogP contribution in [0.25, 0.3) is 10.9 Å². The summed E-state index contributed by atoms with van der Waals surface area (Å²) in [5.41, 5.74) is 2.68. The number of ether oxygens (including phenoxy) is 2. The highest BCUT2D eigenvalue weighted by molar-refractivity contribution is 5.84. The molecule has 0 aliphatic carbocycles. The Morgan fingerprint density at radius 2 is 1.75 bits per heavy atom. The largest absolute Gasteiger partial charge is 0.469 e. The lowest BCUT2D eigenvalue weighted by Crippen LogP contribution is -2.37. The predicted molar refractivity (Wildman–Crippen MR) is 127 cm³/mol. The van der Waals surface area contributed by atoms with E-state index >= 15 is 0 Å². The number of esters is 1. The van der Waals surface area contributed by atoms with Gasteiger partial charge in [-0.2, -0.15) is 0 Å². The van der Waals surface area contributed by atoms with Gasteiger partial charge in [0.1, 0.15) is 0 Å². The Morgan fingerprint density at radius 1 is 1.03 bits per heavy atom. The van der Waals surface area contributed by atoms with Crippen LogP contribution in [0, 0.1) is 0 Å². The third kappa shape index (κ3) is 6.58. The smallest absolute Gasteiger partial charge is 0.305 e. The normalized spacial score (nSPS) is 14.8. The summed E-state index contributed by atoms with van der Waals surface area (Å²) in [7, 11) is 1.42. The summed E-state index contributed by atoms with van der Waals surface area (Å²) in [6.07, 6.45) is 9.12. The number of carbonyl (C=O) groups is 2. The van der Waals surface area contributed by atoms with Gasteiger partial charge >= 0.3 is 5.97 Å². The van der Waals surface area contributed by atoms with E-state index in [2.05, 4.69) is 39.8 Å². The maximum absolute atomic E-state index is 12.6. The number of rotatable bonds is 12. The lowest BCUT2D eigenvalue weighted by molar-refractivity contribution is -0.140. The van der Waals surface area contributed by atoms with Crippen LogP contribution in [0.4, 0.5) is 0 Å². The number of methoxy groups -OCH3 is 1. The summed E-state index contributed by atoms with van der Waals surface area (Å²) in [4.78, 5) is 25.8. The monoisotopic (exact) mass is 442 g/mol. The summed E-state index contributed by atoms with van der Waals surface area (Å²) in [5.74, 6) is 0.618. The van der Waals surface area contributed by atoms with Crippen LogP contribution < -0.4 is 0 Å². The Kier molecular flexibility index (Phi) is 9.60. The number of benzene rings is 1. The first-order chi connectivity index (χ1) is 15.6. The van der Waals surface area contributed by atoms with Gasteiger partial charge in [0, 0.05) is 56.2 Å². The highest BCUT2D eigenvalue weighted by Crippen LogP contribution is 2.34. The average Bonchev–Trinajstić information content (AvgIpc) is 3.20. The third-order valence-electron chi connectivity index (χ3n) is 6.54. The SMILES string of the molecule is CCOCCn1cc(C2CCN(C(=O)CCCCCCC(=O)OC)CC2)c2ccccc21. The Balaban J connectivity index is 1.46. The lowest BCUT2D eigenvalue weighted by Gasteiger charge is -2.32. The number of nitrogens with zero attached hydrogens (tertiary/aromatic N) is 2. The fourth-order valence-electron chi connectivity index (χ4n) is 4.69. The molecule has 2 aromatic rings. The molecule has 3 rings (SSSR count). The molecule has 1 amide bonds. The number of fused-ring (bicyclic) bond motifs is 1. The molecule has 0 spiro atoms. The molecule has 32 heavy (non-hydrogen) atoms. The molecule has 1 saturated heterocycles. The van der Waals surface area contributed by atoms with Gasteiger partial charge in [-0.25, -0.2) is 0 Å². The van der Waals surface area contributed by atoms with Crippen LogP contribution in [0.5, 0.6) is 0 Å². The van der Waals surface area contributed by atoms with Crippen molar-refractivity contribution in [1.29, 1.82) is 0 Å². The first-order valence-corrected chi connectivity index (χ1v) is 12.1. The fourth-order valence-corrected chi connectivity index (χ4v) is 4.69. The first kappa shape index (κ1) is 24.3. The van der Waals surface area contributed by atoms with Crippen molar-refractivity contribution in [2.75, 3.05) is 33.4 Å². The molecule has 6 nitrogen and oxygen atoms in total. The van der Waals surface area contributed by atoms with Crippen LogP contribution >= 0.6 is 0 Å². The highest BCUT2D eigenvalue weighted by Gasteiger charge is 2.25. The minimum absolute atomic E-state index is 0.152. The van der Waals surface area contributed by atoms with E-state index in [4.69, 9.17) is 4.74 Å². The Bertz CT molecular complexity index is 868. The standard InChI is InChI=1S/C26H38N2O4/c1-3-32-19-18-28-20-23(22-10-8-9-11-24(22)28)21-14-16-27(17-15-21)25(29)12-6-4-5-7-13-26(30)31-2/h8-11,20-21H,3-7,12-19H2,1-2H3. The van der Waals surface area contributed by atoms with Gasteiger partial charge < -0.3 is 18.9 Å². The zero-order chi connectivity index (χ0) is 22.8. The summed E-state index contributed by atoms with van der Waals surface area (Å²) >= 11 is 0. The molecular weight excluding hydrogens is 404 g/mol. The van der Waals surface area contributed by atoms with Crippen molar-refractivity contribution in [3.8, 4) is 0 Å². The molecule has 2 heterocycles. The van der Waals surface area contributed by atoms with Gasteiger partial charge in [-0.15, -0.1) is 0 Å². The van der Waals surface area contributed by atoms with Gasteiger partial charge in [-0.3, -0.25) is 9.59 Å². The molecule has 176 valence electrons. The third-order valence-corrected chi connectivity index (χ3v) is 6.54. The van der Waals surface area contributed by atoms with Crippen LogP contribution in [0.3, 0.4) is 0 Å². The minimum atomic E-state index is -0.152. The Labute approximate surface area is 191 Å². The molecule has 0 saturated carbocycles. The molecule has 1 aromatic carbocycles. The van der Waals surface area contributed by atoms with Gasteiger partial charge in [0.25, 0.3) is 0 Å². The fraction of sp³-hybridized carbons (Fsp3) is 0.615. The average molecular weight is 443 g/mol. The second-order valence-corrected chi connectivity index (χ2v) is 8.64. The molecule has 0 unspecified atom stereocenters. The van der Waals surface area contributed by atoms with Gasteiger partial charge in [0.15, 0.2) is 0 Å². The summed E-state index contributed by atoms with van der Waals surface area (Å²) in [6.45, 7) is 6.04. The van der Waals surface area contributed by atoms with Crippen LogP contribution in [-0.4, -0.2) is 54.8 Å². The molecule has 6 heteroatoms. The van der Waals surface area contributed by atoms with Gasteiger partial charge in [0.05, 0.1) is 13.7 Å². The molecule has 0 atom stereocenters. The van der Waals surface area contributed by atoms with Gasteiger partial charge in [-0.1, -0.05) is 31.0 Å². The van der Waals surface area contributed by atoms with Crippen molar-refractivity contribution in [3.63, 3.8) is 0 Å². The second kappa shape index (κ2) is 12.6. The molecular formula is C26H38N2O4. The number of likely N-dealkylation sites (tertiary alicyclic amines) is 1. The van der Waals surface area contributed by atoms with E-state index in [1.807, 2.05) is 11.8 Å². The number of hydrogen-bond acceptors (Lipinski definition) is 4. The van der Waals surface area contributed by atoms with Crippen molar-refractivity contribution < 1.29 is 19.1 Å². The minimum Gasteiger partial charge on any atom is -0.469 e. The molecule has 0 bridgehead atoms. The maximum Gasteiger partial charge on any atom is 0.305 e. The van der Waals surface area contributed by atoms with E-state index in [0.717, 1.165) is 71.4 Å². The van der Waals surface area contributed by atoms with Crippen LogP contribution in [-0.2, 0) is 25.6 Å². The van der Waals surface area contributed by atoms with E-state index in [1.54, 1.807) is 0 Å². The van der Waals surface area contributed by atoms with Crippen molar-refractivity contribution in [1.82, 2.24) is 9.47 Å². The van der Waals surface area contributed by atoms with Crippen LogP contribution in [0.1, 0.15) is 69.8 Å². The Morgan fingerprint density at radius 3 is 2.47 bits per heavy atom. The number of unbranched alkanes of at least 4 members (excludes halogenated alkanes) is 3. The Hall–Kier alpha value is -2.34. The predicted octanol–water partition coefficient (Wildman–Crippen LogP) is 4.90. The number of para-hydroxylation sites is 1. The number of aromatic nitrogens is 1. The van der Waals surface area contributed by atoms with E-state index in [-0.39, 0.29) is 11.9 Å². The van der Waals surface area contributed by atoms with E-state index in [0.29, 0.717) is 18.8 Å². The van der Waals surface area contributed by atoms with Crippen LogP contribution in [0.2, 0.25) is 0 Å². The topological polar surface area (TPSA) is 60.8 Å². The summed E-state index contributed by atoms with van der Waals surface area (Å²) < 4.78 is 12.5. The van der Waals surface area contributed by atoms with Crippen molar-refractivity contribution >= 4 is 22.8 Å². The van der Waals surface area contributed by atoms with E-state index in [1.165, 1.54) is 23.6 Å². The number of piperidine rings is 1. The molecule has 1 fully saturated rings. The van der Waals surface area contributed by atoms with Gasteiger partial charge in [0.2, 0.25) is 5.91 Å². The quantitative estimate of drug-likeness (QED) is 0.347. The summed E-state index contributed by atoms with van der Waals surface area (Å²) in [6, 6.07) is 8.62. The molecule has 0 N–H and O–H groups in total. The van der Waals surface area contributed by atoms with Crippen LogP contribution in [0.15, 0.2) is 30.5 Å². The lowest BCUT2D eigenvalue weighted by atomic mass is 9.89. The van der Waals surface area contributed by atoms with Crippen molar-refractivity contribution in [3.05, 3.63) is 36.0 Å². The molecule has 1 aliphatic heterocycles. The number of carbonyl (C=O) groups excluding carboxylic acids is 2. The van der Waals surface area contributed by atoms with Crippen molar-refractivity contribution in [2.45, 2.75) is 70.8 Å². The highest BCUT2D eigenvalue weighted by atomic mass is 16.5. The molecule has 1 aliphatic rings. The van der Waals surface area contributed by atoms with Gasteiger partial charge in [-0.05, 0) is 50.2 Å². The zero-order valence-electron chi connectivity index (χ0n) is 19.7. The number of amides is 1. The summed E-state index contributed by atoms with van der Waals surface area (Å²) in [5, 5.41) is 1.33. The maximum atomic E-state index is 12.6. The van der Waals surface area contributed by atoms with Crippen molar-refractivity contribution in [2.24, 2.45) is 0 Å². The van der Waals surface area contributed by atoms with E-state index in [9.17, 15) is 9.59 Å². The molecule has 1 aromatic heterocycles. The molecule has 0 radical (unpaired) electrons.